The number of ether oxygens (including phenoxy) is 3. The highest BCUT2D eigenvalue weighted by Crippen LogP contribution is 2.39. The van der Waals surface area contributed by atoms with Gasteiger partial charge in [0.2, 0.25) is 5.75 Å². The molecule has 0 spiro atoms. The molecule has 1 fully saturated rings. The molecule has 1 aliphatic rings. The van der Waals surface area contributed by atoms with Crippen LogP contribution >= 0.6 is 0 Å². The number of carbonyl (C=O) groups excluding carboxylic acids is 1. The van der Waals surface area contributed by atoms with Gasteiger partial charge in [-0.1, -0.05) is 13.8 Å². The van der Waals surface area contributed by atoms with Crippen LogP contribution < -0.4 is 14.2 Å². The van der Waals surface area contributed by atoms with Crippen molar-refractivity contribution in [1.82, 2.24) is 9.80 Å². The lowest BCUT2D eigenvalue weighted by Gasteiger charge is -2.38. The lowest BCUT2D eigenvalue weighted by molar-refractivity contribution is 0.0576. The smallest absolute Gasteiger partial charge is 0.254 e. The molecule has 1 aromatic rings. The van der Waals surface area contributed by atoms with Gasteiger partial charge in [0.05, 0.1) is 25.9 Å². The molecule has 1 amide bonds. The standard InChI is InChI=1S/C22H33N3O4/c1-6-27-19-13-17(14-20(28-7-2)21(19)29-8-3)22(26)25-11-9-24(10-12-25)18(15-23)16(4)5/h13-14,16,18H,6-12H2,1-5H3. The number of hydrogen-bond donors (Lipinski definition) is 0. The molecule has 1 unspecified atom stereocenters. The fraction of sp³-hybridized carbons (Fsp3) is 0.636. The molecule has 1 aromatic carbocycles. The maximum absolute atomic E-state index is 13.2. The van der Waals surface area contributed by atoms with Crippen molar-refractivity contribution < 1.29 is 19.0 Å². The minimum absolute atomic E-state index is 0.0624. The fourth-order valence-electron chi connectivity index (χ4n) is 3.55. The van der Waals surface area contributed by atoms with E-state index in [1.54, 1.807) is 12.1 Å². The summed E-state index contributed by atoms with van der Waals surface area (Å²) < 4.78 is 17.2. The first-order chi connectivity index (χ1) is 14.0. The quantitative estimate of drug-likeness (QED) is 0.630. The van der Waals surface area contributed by atoms with Crippen molar-refractivity contribution >= 4 is 5.91 Å². The third kappa shape index (κ3) is 5.54. The van der Waals surface area contributed by atoms with Gasteiger partial charge in [0.15, 0.2) is 11.5 Å². The zero-order valence-corrected chi connectivity index (χ0v) is 18.2. The van der Waals surface area contributed by atoms with Gasteiger partial charge in [-0.15, -0.1) is 0 Å². The van der Waals surface area contributed by atoms with Crippen molar-refractivity contribution in [3.05, 3.63) is 17.7 Å². The van der Waals surface area contributed by atoms with Crippen LogP contribution in [0, 0.1) is 17.2 Å². The molecule has 29 heavy (non-hydrogen) atoms. The van der Waals surface area contributed by atoms with Crippen molar-refractivity contribution in [3.8, 4) is 23.3 Å². The zero-order valence-electron chi connectivity index (χ0n) is 18.2. The Morgan fingerprint density at radius 2 is 1.52 bits per heavy atom. The van der Waals surface area contributed by atoms with Gasteiger partial charge in [0.1, 0.15) is 6.04 Å². The minimum Gasteiger partial charge on any atom is -0.490 e. The van der Waals surface area contributed by atoms with Crippen LogP contribution in [0.3, 0.4) is 0 Å². The second-order valence-electron chi connectivity index (χ2n) is 7.25. The van der Waals surface area contributed by atoms with Gasteiger partial charge in [-0.3, -0.25) is 9.69 Å². The maximum Gasteiger partial charge on any atom is 0.254 e. The molecule has 160 valence electrons. The molecule has 1 heterocycles. The normalized spacial score (nSPS) is 15.7. The van der Waals surface area contributed by atoms with Gasteiger partial charge in [0, 0.05) is 31.7 Å². The van der Waals surface area contributed by atoms with Crippen molar-refractivity contribution in [1.29, 1.82) is 5.26 Å². The SMILES string of the molecule is CCOc1cc(C(=O)N2CCN(C(C#N)C(C)C)CC2)cc(OCC)c1OCC. The molecule has 0 bridgehead atoms. The Hall–Kier alpha value is -2.46. The number of piperazine rings is 1. The van der Waals surface area contributed by atoms with Crippen LogP contribution in [0.5, 0.6) is 17.2 Å². The number of benzene rings is 1. The van der Waals surface area contributed by atoms with Gasteiger partial charge < -0.3 is 19.1 Å². The molecule has 1 atom stereocenters. The van der Waals surface area contributed by atoms with Gasteiger partial charge >= 0.3 is 0 Å². The average Bonchev–Trinajstić information content (AvgIpc) is 2.71. The van der Waals surface area contributed by atoms with Crippen molar-refractivity contribution in [2.45, 2.75) is 40.7 Å². The highest BCUT2D eigenvalue weighted by atomic mass is 16.5. The lowest BCUT2D eigenvalue weighted by atomic mass is 10.0. The monoisotopic (exact) mass is 403 g/mol. The molecule has 0 radical (unpaired) electrons. The number of amides is 1. The molecular weight excluding hydrogens is 370 g/mol. The topological polar surface area (TPSA) is 75.0 Å². The number of nitriles is 1. The second kappa shape index (κ2) is 10.9. The Kier molecular flexibility index (Phi) is 8.59. The van der Waals surface area contributed by atoms with E-state index in [-0.39, 0.29) is 17.9 Å². The molecule has 1 saturated heterocycles. The van der Waals surface area contributed by atoms with Gasteiger partial charge in [-0.2, -0.15) is 5.26 Å². The number of hydrogen-bond acceptors (Lipinski definition) is 6. The van der Waals surface area contributed by atoms with Gasteiger partial charge in [-0.05, 0) is 38.8 Å². The van der Waals surface area contributed by atoms with Crippen LogP contribution in [-0.2, 0) is 0 Å². The predicted octanol–water partition coefficient (Wildman–Crippen LogP) is 3.19. The van der Waals surface area contributed by atoms with E-state index in [0.717, 1.165) is 0 Å². The molecule has 1 aliphatic heterocycles. The van der Waals surface area contributed by atoms with E-state index in [0.29, 0.717) is 68.8 Å². The molecule has 0 saturated carbocycles. The highest BCUT2D eigenvalue weighted by molar-refractivity contribution is 5.95. The number of carbonyl (C=O) groups is 1. The summed E-state index contributed by atoms with van der Waals surface area (Å²) in [5.74, 6) is 1.77. The van der Waals surface area contributed by atoms with Crippen LogP contribution in [0.25, 0.3) is 0 Å². The van der Waals surface area contributed by atoms with Crippen LogP contribution in [0.1, 0.15) is 45.0 Å². The molecule has 0 aromatic heterocycles. The Balaban J connectivity index is 2.21. The van der Waals surface area contributed by atoms with Crippen LogP contribution in [-0.4, -0.2) is 67.7 Å². The second-order valence-corrected chi connectivity index (χ2v) is 7.25. The van der Waals surface area contributed by atoms with E-state index in [9.17, 15) is 10.1 Å². The van der Waals surface area contributed by atoms with E-state index in [4.69, 9.17) is 14.2 Å². The Bertz CT molecular complexity index is 694. The summed E-state index contributed by atoms with van der Waals surface area (Å²) in [7, 11) is 0. The summed E-state index contributed by atoms with van der Waals surface area (Å²) in [4.78, 5) is 17.1. The summed E-state index contributed by atoms with van der Waals surface area (Å²) in [5.41, 5.74) is 0.523. The minimum atomic E-state index is -0.119. The van der Waals surface area contributed by atoms with Crippen LogP contribution in [0.15, 0.2) is 12.1 Å². The van der Waals surface area contributed by atoms with Gasteiger partial charge in [-0.25, -0.2) is 0 Å². The predicted molar refractivity (Wildman–Crippen MR) is 112 cm³/mol. The van der Waals surface area contributed by atoms with Crippen molar-refractivity contribution in [3.63, 3.8) is 0 Å². The molecule has 0 N–H and O–H groups in total. The lowest BCUT2D eigenvalue weighted by Crippen LogP contribution is -2.52. The first kappa shape index (κ1) is 22.8. The molecule has 7 nitrogen and oxygen atoms in total. The average molecular weight is 404 g/mol. The number of nitrogens with zero attached hydrogens (tertiary/aromatic N) is 3. The molecule has 0 aliphatic carbocycles. The molecule has 2 rings (SSSR count). The first-order valence-electron chi connectivity index (χ1n) is 10.5. The molecule has 7 heteroatoms. The third-order valence-corrected chi connectivity index (χ3v) is 4.91. The van der Waals surface area contributed by atoms with Gasteiger partial charge in [0.25, 0.3) is 5.91 Å². The van der Waals surface area contributed by atoms with E-state index >= 15 is 0 Å². The summed E-state index contributed by atoms with van der Waals surface area (Å²) >= 11 is 0. The number of rotatable bonds is 9. The third-order valence-electron chi connectivity index (χ3n) is 4.91. The van der Waals surface area contributed by atoms with E-state index < -0.39 is 0 Å². The van der Waals surface area contributed by atoms with Crippen LogP contribution in [0.4, 0.5) is 0 Å². The highest BCUT2D eigenvalue weighted by Gasteiger charge is 2.29. The van der Waals surface area contributed by atoms with E-state index in [2.05, 4.69) is 24.8 Å². The Morgan fingerprint density at radius 1 is 1.00 bits per heavy atom. The first-order valence-corrected chi connectivity index (χ1v) is 10.5. The maximum atomic E-state index is 13.2. The Morgan fingerprint density at radius 3 is 1.93 bits per heavy atom. The summed E-state index contributed by atoms with van der Waals surface area (Å²) in [6.07, 6.45) is 0. The zero-order chi connectivity index (χ0) is 21.4. The van der Waals surface area contributed by atoms with Crippen molar-refractivity contribution in [2.24, 2.45) is 5.92 Å². The fourth-order valence-corrected chi connectivity index (χ4v) is 3.55. The van der Waals surface area contributed by atoms with Crippen LogP contribution in [0.2, 0.25) is 0 Å². The summed E-state index contributed by atoms with van der Waals surface area (Å²) in [6, 6.07) is 5.73. The summed E-state index contributed by atoms with van der Waals surface area (Å²) in [6.45, 7) is 13.8. The largest absolute Gasteiger partial charge is 0.490 e. The van der Waals surface area contributed by atoms with Crippen molar-refractivity contribution in [2.75, 3.05) is 46.0 Å². The Labute approximate surface area is 174 Å². The van der Waals surface area contributed by atoms with E-state index in [1.807, 2.05) is 25.7 Å². The molecular formula is C22H33N3O4. The van der Waals surface area contributed by atoms with E-state index in [1.165, 1.54) is 0 Å². The summed E-state index contributed by atoms with van der Waals surface area (Å²) in [5, 5.41) is 9.42.